The Labute approximate surface area is 242 Å². The molecule has 0 aromatic carbocycles. The van der Waals surface area contributed by atoms with Gasteiger partial charge in [-0.3, -0.25) is 4.79 Å². The van der Waals surface area contributed by atoms with Crippen molar-refractivity contribution in [3.05, 3.63) is 0 Å². The van der Waals surface area contributed by atoms with Crippen molar-refractivity contribution in [3.8, 4) is 0 Å². The highest BCUT2D eigenvalue weighted by Gasteiger charge is 2.42. The zero-order valence-corrected chi connectivity index (χ0v) is 26.9. The van der Waals surface area contributed by atoms with E-state index in [-0.39, 0.29) is 23.9 Å². The molecule has 0 radical (unpaired) electrons. The lowest BCUT2D eigenvalue weighted by Gasteiger charge is -2.43. The lowest BCUT2D eigenvalue weighted by atomic mass is 9.80. The Morgan fingerprint density at radius 1 is 1.10 bits per heavy atom. The van der Waals surface area contributed by atoms with Crippen molar-refractivity contribution < 1.29 is 39.8 Å². The summed E-state index contributed by atoms with van der Waals surface area (Å²) in [5.41, 5.74) is -2.26. The average molecular weight is 577 g/mol. The van der Waals surface area contributed by atoms with Gasteiger partial charge in [0, 0.05) is 25.0 Å². The van der Waals surface area contributed by atoms with Crippen LogP contribution in [0.2, 0.25) is 0 Å². The van der Waals surface area contributed by atoms with Crippen LogP contribution in [-0.2, 0) is 14.3 Å². The number of carbonyl (C=O) groups is 1. The van der Waals surface area contributed by atoms with Crippen LogP contribution < -0.4 is 0 Å². The Hall–Kier alpha value is -0.850. The van der Waals surface area contributed by atoms with Crippen molar-refractivity contribution in [3.63, 3.8) is 0 Å². The SMILES string of the molecule is CCCC(C)(O)[C@H](O)[C@@H](C)N(C)C[C@H](C)CC(C)(O)C[C@@H](C)C(OC1CC(N(C)C)C(O)C(C)O1)[C@@H](C)C(=O)O. The molecule has 0 amide bonds. The van der Waals surface area contributed by atoms with E-state index in [9.17, 15) is 30.3 Å². The minimum absolute atomic E-state index is 0.0686. The van der Waals surface area contributed by atoms with Crippen LogP contribution in [0.15, 0.2) is 0 Å². The van der Waals surface area contributed by atoms with Gasteiger partial charge in [-0.05, 0) is 86.9 Å². The smallest absolute Gasteiger partial charge is 0.308 e. The first kappa shape index (κ1) is 37.2. The maximum absolute atomic E-state index is 12.0. The lowest BCUT2D eigenvalue weighted by Crippen LogP contribution is -2.54. The van der Waals surface area contributed by atoms with E-state index in [1.54, 1.807) is 27.7 Å². The zero-order chi connectivity index (χ0) is 31.2. The van der Waals surface area contributed by atoms with Gasteiger partial charge in [-0.2, -0.15) is 0 Å². The third-order valence-electron chi connectivity index (χ3n) is 8.79. The van der Waals surface area contributed by atoms with Gasteiger partial charge >= 0.3 is 5.97 Å². The molecule has 238 valence electrons. The van der Waals surface area contributed by atoms with Crippen LogP contribution in [-0.4, -0.2) is 123 Å². The van der Waals surface area contributed by atoms with Crippen LogP contribution >= 0.6 is 0 Å². The third-order valence-corrected chi connectivity index (χ3v) is 8.79. The summed E-state index contributed by atoms with van der Waals surface area (Å²) in [5, 5.41) is 53.1. The first-order valence-corrected chi connectivity index (χ1v) is 14.9. The molecule has 1 rings (SSSR count). The maximum atomic E-state index is 12.0. The standard InChI is InChI=1S/C30H60N2O8/c1-12-13-30(8,38)27(34)21(5)32(11)17-18(2)15-29(7,37)16-19(3)26(20(4)28(35)36)40-24-14-23(31(9)10)25(33)22(6)39-24/h18-27,33-34,37-38H,12-17H2,1-11H3,(H,35,36)/t18-,19-,20-,21-,22?,23?,24?,25?,26?,27-,29?,30?/m1/s1. The Bertz CT molecular complexity index is 764. The molecule has 40 heavy (non-hydrogen) atoms. The second kappa shape index (κ2) is 15.6. The van der Waals surface area contributed by atoms with E-state index in [1.165, 1.54) is 0 Å². The summed E-state index contributed by atoms with van der Waals surface area (Å²) in [7, 11) is 5.67. The molecule has 1 aliphatic rings. The van der Waals surface area contributed by atoms with E-state index in [2.05, 4.69) is 0 Å². The van der Waals surface area contributed by atoms with Gasteiger partial charge < -0.3 is 44.8 Å². The summed E-state index contributed by atoms with van der Waals surface area (Å²) in [4.78, 5) is 15.9. The molecule has 10 nitrogen and oxygen atoms in total. The maximum Gasteiger partial charge on any atom is 0.308 e. The summed E-state index contributed by atoms with van der Waals surface area (Å²) in [5.74, 6) is -2.03. The molecule has 0 aliphatic carbocycles. The van der Waals surface area contributed by atoms with Gasteiger partial charge in [0.2, 0.25) is 0 Å². The number of nitrogens with zero attached hydrogens (tertiary/aromatic N) is 2. The summed E-state index contributed by atoms with van der Waals surface area (Å²) in [6.07, 6.45) is -0.935. The molecule has 5 N–H and O–H groups in total. The fraction of sp³-hybridized carbons (Fsp3) is 0.967. The quantitative estimate of drug-likeness (QED) is 0.175. The lowest BCUT2D eigenvalue weighted by molar-refractivity contribution is -0.262. The molecule has 0 aromatic rings. The molecular weight excluding hydrogens is 516 g/mol. The van der Waals surface area contributed by atoms with Gasteiger partial charge in [-0.25, -0.2) is 0 Å². The molecule has 1 fully saturated rings. The van der Waals surface area contributed by atoms with E-state index >= 15 is 0 Å². The number of carboxylic acids is 1. The monoisotopic (exact) mass is 576 g/mol. The second-order valence-electron chi connectivity index (χ2n) is 13.5. The fourth-order valence-corrected chi connectivity index (χ4v) is 6.47. The van der Waals surface area contributed by atoms with Crippen molar-refractivity contribution in [1.29, 1.82) is 0 Å². The molecule has 0 saturated carbocycles. The number of hydrogen-bond acceptors (Lipinski definition) is 9. The number of carboxylic acid groups (broad SMARTS) is 1. The molecule has 0 aromatic heterocycles. The first-order valence-electron chi connectivity index (χ1n) is 14.9. The molecule has 0 spiro atoms. The first-order chi connectivity index (χ1) is 18.2. The summed E-state index contributed by atoms with van der Waals surface area (Å²) in [6, 6.07) is -0.457. The number of ether oxygens (including phenoxy) is 2. The number of hydrogen-bond donors (Lipinski definition) is 5. The largest absolute Gasteiger partial charge is 0.481 e. The van der Waals surface area contributed by atoms with Crippen molar-refractivity contribution in [2.75, 3.05) is 27.7 Å². The summed E-state index contributed by atoms with van der Waals surface area (Å²) < 4.78 is 12.2. The van der Waals surface area contributed by atoms with Crippen molar-refractivity contribution in [2.45, 2.75) is 141 Å². The van der Waals surface area contributed by atoms with E-state index in [0.717, 1.165) is 6.42 Å². The summed E-state index contributed by atoms with van der Waals surface area (Å²) in [6.45, 7) is 15.2. The predicted octanol–water partition coefficient (Wildman–Crippen LogP) is 2.55. The van der Waals surface area contributed by atoms with Crippen molar-refractivity contribution >= 4 is 5.97 Å². The van der Waals surface area contributed by atoms with E-state index in [4.69, 9.17) is 9.47 Å². The second-order valence-corrected chi connectivity index (χ2v) is 13.5. The Balaban J connectivity index is 2.89. The van der Waals surface area contributed by atoms with Crippen LogP contribution in [0.1, 0.15) is 87.5 Å². The molecule has 7 unspecified atom stereocenters. The number of aliphatic hydroxyl groups is 4. The highest BCUT2D eigenvalue weighted by atomic mass is 16.7. The van der Waals surface area contributed by atoms with Crippen molar-refractivity contribution in [2.24, 2.45) is 17.8 Å². The number of likely N-dealkylation sites (N-methyl/N-ethyl adjacent to an activating group) is 2. The molecule has 1 aliphatic heterocycles. The molecule has 10 heteroatoms. The average Bonchev–Trinajstić information content (AvgIpc) is 2.81. The van der Waals surface area contributed by atoms with Gasteiger partial charge in [0.05, 0.1) is 41.5 Å². The molecule has 0 bridgehead atoms. The molecule has 1 heterocycles. The van der Waals surface area contributed by atoms with Gasteiger partial charge in [-0.1, -0.05) is 27.2 Å². The highest BCUT2D eigenvalue weighted by Crippen LogP contribution is 2.33. The normalized spacial score (nSPS) is 29.7. The Morgan fingerprint density at radius 2 is 1.68 bits per heavy atom. The molecule has 12 atom stereocenters. The van der Waals surface area contributed by atoms with Crippen molar-refractivity contribution in [1.82, 2.24) is 9.80 Å². The highest BCUT2D eigenvalue weighted by molar-refractivity contribution is 5.70. The van der Waals surface area contributed by atoms with Crippen LogP contribution in [0.25, 0.3) is 0 Å². The number of aliphatic carboxylic acids is 1. The van der Waals surface area contributed by atoms with Crippen LogP contribution in [0.3, 0.4) is 0 Å². The van der Waals surface area contributed by atoms with Crippen LogP contribution in [0, 0.1) is 17.8 Å². The van der Waals surface area contributed by atoms with Gasteiger partial charge in [-0.15, -0.1) is 0 Å². The Kier molecular flexibility index (Phi) is 14.5. The minimum atomic E-state index is -1.17. The number of rotatable bonds is 17. The van der Waals surface area contributed by atoms with Gasteiger partial charge in [0.15, 0.2) is 6.29 Å². The molecular formula is C30H60N2O8. The van der Waals surface area contributed by atoms with E-state index in [1.807, 2.05) is 58.6 Å². The predicted molar refractivity (Wildman–Crippen MR) is 156 cm³/mol. The fourth-order valence-electron chi connectivity index (χ4n) is 6.47. The van der Waals surface area contributed by atoms with E-state index < -0.39 is 53.8 Å². The topological polar surface area (TPSA) is 143 Å². The number of aliphatic hydroxyl groups excluding tert-OH is 2. The van der Waals surface area contributed by atoms with E-state index in [0.29, 0.717) is 32.2 Å². The zero-order valence-electron chi connectivity index (χ0n) is 26.9. The van der Waals surface area contributed by atoms with Crippen LogP contribution in [0.4, 0.5) is 0 Å². The third kappa shape index (κ3) is 10.8. The summed E-state index contributed by atoms with van der Waals surface area (Å²) >= 11 is 0. The Morgan fingerprint density at radius 3 is 2.17 bits per heavy atom. The minimum Gasteiger partial charge on any atom is -0.481 e. The molecule has 1 saturated heterocycles. The van der Waals surface area contributed by atoms with Crippen LogP contribution in [0.5, 0.6) is 0 Å². The van der Waals surface area contributed by atoms with Gasteiger partial charge in [0.25, 0.3) is 0 Å². The van der Waals surface area contributed by atoms with Gasteiger partial charge in [0.1, 0.15) is 0 Å².